The van der Waals surface area contributed by atoms with Gasteiger partial charge in [0.25, 0.3) is 0 Å². The summed E-state index contributed by atoms with van der Waals surface area (Å²) in [5.41, 5.74) is 5.69. The van der Waals surface area contributed by atoms with Crippen LogP contribution in [0.4, 0.5) is 0 Å². The first-order chi connectivity index (χ1) is 10.3. The molecule has 0 aromatic carbocycles. The highest BCUT2D eigenvalue weighted by molar-refractivity contribution is 5.88. The summed E-state index contributed by atoms with van der Waals surface area (Å²) in [5, 5.41) is 0. The van der Waals surface area contributed by atoms with Crippen LogP contribution in [0.5, 0.6) is 0 Å². The first-order valence-electron chi connectivity index (χ1n) is 8.58. The Bertz CT molecular complexity index is 411. The Labute approximate surface area is 133 Å². The van der Waals surface area contributed by atoms with Crippen molar-refractivity contribution in [2.45, 2.75) is 83.4 Å². The number of rotatable bonds is 3. The summed E-state index contributed by atoms with van der Waals surface area (Å²) in [6.45, 7) is 6.16. The van der Waals surface area contributed by atoms with Crippen LogP contribution in [0.1, 0.15) is 65.7 Å². The molecule has 0 radical (unpaired) electrons. The van der Waals surface area contributed by atoms with Gasteiger partial charge in [0.05, 0.1) is 6.04 Å². The fraction of sp³-hybridized carbons (Fsp3) is 0.882. The van der Waals surface area contributed by atoms with Crippen LogP contribution in [-0.4, -0.2) is 41.0 Å². The van der Waals surface area contributed by atoms with E-state index in [9.17, 15) is 9.59 Å². The van der Waals surface area contributed by atoms with Gasteiger partial charge in [0.15, 0.2) is 0 Å². The number of hydrogen-bond acceptors (Lipinski definition) is 4. The molecule has 1 amide bonds. The molecule has 2 N–H and O–H groups in total. The number of carbonyl (C=O) groups excluding carboxylic acids is 2. The first kappa shape index (κ1) is 17.3. The van der Waals surface area contributed by atoms with Gasteiger partial charge in [-0.05, 0) is 52.4 Å². The van der Waals surface area contributed by atoms with Gasteiger partial charge >= 0.3 is 5.97 Å². The summed E-state index contributed by atoms with van der Waals surface area (Å²) in [5.74, 6) is -0.101. The van der Waals surface area contributed by atoms with E-state index in [4.69, 9.17) is 10.5 Å². The Morgan fingerprint density at radius 3 is 2.32 bits per heavy atom. The smallest absolute Gasteiger partial charge is 0.329 e. The SMILES string of the molecule is CC(C)(C)OC(=O)[C@@H]1CCCN1C(=O)[C@@H](N)C1CCCCC1. The van der Waals surface area contributed by atoms with E-state index in [1.165, 1.54) is 6.42 Å². The van der Waals surface area contributed by atoms with Crippen molar-refractivity contribution in [3.8, 4) is 0 Å². The van der Waals surface area contributed by atoms with Crippen molar-refractivity contribution in [3.63, 3.8) is 0 Å². The molecule has 1 saturated carbocycles. The second kappa shape index (κ2) is 6.99. The van der Waals surface area contributed by atoms with Crippen LogP contribution in [0.15, 0.2) is 0 Å². The van der Waals surface area contributed by atoms with E-state index in [2.05, 4.69) is 0 Å². The highest BCUT2D eigenvalue weighted by Crippen LogP contribution is 2.28. The topological polar surface area (TPSA) is 72.6 Å². The Morgan fingerprint density at radius 1 is 1.09 bits per heavy atom. The van der Waals surface area contributed by atoms with Crippen molar-refractivity contribution in [2.75, 3.05) is 6.54 Å². The third kappa shape index (κ3) is 4.22. The lowest BCUT2D eigenvalue weighted by atomic mass is 9.83. The summed E-state index contributed by atoms with van der Waals surface area (Å²) in [6, 6.07) is -0.926. The maximum atomic E-state index is 12.7. The van der Waals surface area contributed by atoms with Gasteiger partial charge in [-0.1, -0.05) is 19.3 Å². The quantitative estimate of drug-likeness (QED) is 0.811. The number of nitrogens with two attached hydrogens (primary N) is 1. The van der Waals surface area contributed by atoms with Crippen molar-refractivity contribution in [2.24, 2.45) is 11.7 Å². The predicted molar refractivity (Wildman–Crippen MR) is 85.1 cm³/mol. The third-order valence-electron chi connectivity index (χ3n) is 4.66. The molecule has 0 aromatic heterocycles. The van der Waals surface area contributed by atoms with E-state index in [1.807, 2.05) is 20.8 Å². The van der Waals surface area contributed by atoms with Crippen LogP contribution >= 0.6 is 0 Å². The molecule has 0 spiro atoms. The van der Waals surface area contributed by atoms with Crippen LogP contribution < -0.4 is 5.73 Å². The fourth-order valence-corrected chi connectivity index (χ4v) is 3.53. The Kier molecular flexibility index (Phi) is 5.48. The average molecular weight is 310 g/mol. The number of nitrogens with zero attached hydrogens (tertiary/aromatic N) is 1. The van der Waals surface area contributed by atoms with Gasteiger partial charge in [0.2, 0.25) is 5.91 Å². The number of carbonyl (C=O) groups is 2. The largest absolute Gasteiger partial charge is 0.458 e. The molecule has 2 atom stereocenters. The van der Waals surface area contributed by atoms with E-state index in [0.717, 1.165) is 32.1 Å². The summed E-state index contributed by atoms with van der Waals surface area (Å²) >= 11 is 0. The van der Waals surface area contributed by atoms with Gasteiger partial charge in [0.1, 0.15) is 11.6 Å². The highest BCUT2D eigenvalue weighted by Gasteiger charge is 2.40. The maximum Gasteiger partial charge on any atom is 0.329 e. The minimum atomic E-state index is -0.528. The highest BCUT2D eigenvalue weighted by atomic mass is 16.6. The van der Waals surface area contributed by atoms with E-state index >= 15 is 0 Å². The van der Waals surface area contributed by atoms with E-state index in [1.54, 1.807) is 4.90 Å². The lowest BCUT2D eigenvalue weighted by Gasteiger charge is -2.32. The normalized spacial score (nSPS) is 25.1. The van der Waals surface area contributed by atoms with Crippen LogP contribution in [-0.2, 0) is 14.3 Å². The van der Waals surface area contributed by atoms with E-state index in [0.29, 0.717) is 13.0 Å². The fourth-order valence-electron chi connectivity index (χ4n) is 3.53. The molecule has 1 aliphatic carbocycles. The molecule has 2 aliphatic rings. The second-order valence-electron chi connectivity index (χ2n) is 7.65. The van der Waals surface area contributed by atoms with Crippen molar-refractivity contribution in [3.05, 3.63) is 0 Å². The molecule has 0 bridgehead atoms. The number of amides is 1. The van der Waals surface area contributed by atoms with Crippen LogP contribution in [0.3, 0.4) is 0 Å². The van der Waals surface area contributed by atoms with Crippen molar-refractivity contribution < 1.29 is 14.3 Å². The molecule has 1 heterocycles. The monoisotopic (exact) mass is 310 g/mol. The van der Waals surface area contributed by atoms with Gasteiger partial charge in [-0.3, -0.25) is 4.79 Å². The molecular weight excluding hydrogens is 280 g/mol. The molecule has 2 fully saturated rings. The third-order valence-corrected chi connectivity index (χ3v) is 4.66. The Morgan fingerprint density at radius 2 is 1.73 bits per heavy atom. The van der Waals surface area contributed by atoms with Gasteiger partial charge < -0.3 is 15.4 Å². The first-order valence-corrected chi connectivity index (χ1v) is 8.58. The zero-order chi connectivity index (χ0) is 16.3. The molecule has 2 rings (SSSR count). The number of hydrogen-bond donors (Lipinski definition) is 1. The van der Waals surface area contributed by atoms with E-state index < -0.39 is 17.7 Å². The van der Waals surface area contributed by atoms with Crippen molar-refractivity contribution >= 4 is 11.9 Å². The minimum Gasteiger partial charge on any atom is -0.458 e. The van der Waals surface area contributed by atoms with Crippen LogP contribution in [0.25, 0.3) is 0 Å². The minimum absolute atomic E-state index is 0.0692. The lowest BCUT2D eigenvalue weighted by Crippen LogP contribution is -2.52. The molecular formula is C17H30N2O3. The second-order valence-corrected chi connectivity index (χ2v) is 7.65. The zero-order valence-electron chi connectivity index (χ0n) is 14.1. The molecule has 1 saturated heterocycles. The number of ether oxygens (including phenoxy) is 1. The van der Waals surface area contributed by atoms with Crippen LogP contribution in [0, 0.1) is 5.92 Å². The van der Waals surface area contributed by atoms with Crippen molar-refractivity contribution in [1.82, 2.24) is 4.90 Å². The zero-order valence-corrected chi connectivity index (χ0v) is 14.1. The summed E-state index contributed by atoms with van der Waals surface area (Å²) in [6.07, 6.45) is 7.12. The molecule has 0 aromatic rings. The maximum absolute atomic E-state index is 12.7. The predicted octanol–water partition coefficient (Wildman–Crippen LogP) is 2.23. The van der Waals surface area contributed by atoms with Crippen LogP contribution in [0.2, 0.25) is 0 Å². The Hall–Kier alpha value is -1.10. The molecule has 5 heteroatoms. The van der Waals surface area contributed by atoms with Gasteiger partial charge in [-0.2, -0.15) is 0 Å². The van der Waals surface area contributed by atoms with Gasteiger partial charge in [-0.15, -0.1) is 0 Å². The summed E-state index contributed by atoms with van der Waals surface area (Å²) in [7, 11) is 0. The molecule has 1 aliphatic heterocycles. The Balaban J connectivity index is 1.99. The number of esters is 1. The lowest BCUT2D eigenvalue weighted by molar-refractivity contribution is -0.163. The standard InChI is InChI=1S/C17H30N2O3/c1-17(2,3)22-16(21)13-10-7-11-19(13)15(20)14(18)12-8-5-4-6-9-12/h12-14H,4-11,18H2,1-3H3/t13-,14-/m0/s1. The number of likely N-dealkylation sites (tertiary alicyclic amines) is 1. The van der Waals surface area contributed by atoms with Gasteiger partial charge in [0, 0.05) is 6.54 Å². The average Bonchev–Trinajstić information content (AvgIpc) is 2.94. The van der Waals surface area contributed by atoms with Gasteiger partial charge in [-0.25, -0.2) is 4.79 Å². The molecule has 5 nitrogen and oxygen atoms in total. The summed E-state index contributed by atoms with van der Waals surface area (Å²) in [4.78, 5) is 26.7. The van der Waals surface area contributed by atoms with Crippen molar-refractivity contribution in [1.29, 1.82) is 0 Å². The molecule has 0 unspecified atom stereocenters. The van der Waals surface area contributed by atoms with E-state index in [-0.39, 0.29) is 17.8 Å². The molecule has 126 valence electrons. The summed E-state index contributed by atoms with van der Waals surface area (Å²) < 4.78 is 5.45. The molecule has 22 heavy (non-hydrogen) atoms.